The molecule has 0 heterocycles. The predicted octanol–water partition coefficient (Wildman–Crippen LogP) is 4.42. The van der Waals surface area contributed by atoms with Gasteiger partial charge in [0.25, 0.3) is 5.91 Å². The Hall–Kier alpha value is -1.43. The van der Waals surface area contributed by atoms with Crippen molar-refractivity contribution in [2.45, 2.75) is 46.1 Å². The Labute approximate surface area is 163 Å². The Bertz CT molecular complexity index is 728. The third-order valence-corrected chi connectivity index (χ3v) is 7.35. The highest BCUT2D eigenvalue weighted by molar-refractivity contribution is 9.10. The SMILES string of the molecule is COc1cc(C(=O)N[C@@H]2C(C)(C)[C@@H]3CC[C@]2(C)C3)c(Br)c(OC)c1OC. The van der Waals surface area contributed by atoms with E-state index in [0.717, 1.165) is 0 Å². The second-order valence-corrected chi connectivity index (χ2v) is 9.12. The van der Waals surface area contributed by atoms with Crippen molar-refractivity contribution in [1.29, 1.82) is 0 Å². The molecule has 2 aliphatic rings. The number of nitrogens with one attached hydrogen (secondary N) is 1. The number of methoxy groups -OCH3 is 3. The standard InChI is InChI=1S/C20H28BrNO4/c1-19(2)11-7-8-20(3,10-11)18(19)22-17(23)12-9-13(24-4)15(25-5)16(26-6)14(12)21/h9,11,18H,7-8,10H2,1-6H3,(H,22,23)/t11-,18-,20-/m1/s1. The second-order valence-electron chi connectivity index (χ2n) is 8.33. The average Bonchev–Trinajstić information content (AvgIpc) is 3.08. The first kappa shape index (κ1) is 19.3. The average molecular weight is 426 g/mol. The maximum atomic E-state index is 13.2. The molecule has 1 amide bonds. The summed E-state index contributed by atoms with van der Waals surface area (Å²) >= 11 is 3.51. The normalized spacial score (nSPS) is 28.7. The van der Waals surface area contributed by atoms with Gasteiger partial charge in [0.05, 0.1) is 31.4 Å². The Morgan fingerprint density at radius 1 is 1.15 bits per heavy atom. The fourth-order valence-corrected chi connectivity index (χ4v) is 5.79. The highest BCUT2D eigenvalue weighted by Crippen LogP contribution is 2.62. The van der Waals surface area contributed by atoms with E-state index in [-0.39, 0.29) is 22.8 Å². The van der Waals surface area contributed by atoms with Gasteiger partial charge >= 0.3 is 0 Å². The maximum Gasteiger partial charge on any atom is 0.252 e. The summed E-state index contributed by atoms with van der Waals surface area (Å²) in [6.07, 6.45) is 3.60. The van der Waals surface area contributed by atoms with Crippen LogP contribution in [0.15, 0.2) is 10.5 Å². The molecule has 5 nitrogen and oxygen atoms in total. The summed E-state index contributed by atoms with van der Waals surface area (Å²) in [5.74, 6) is 1.93. The molecule has 3 rings (SSSR count). The van der Waals surface area contributed by atoms with E-state index >= 15 is 0 Å². The van der Waals surface area contributed by atoms with Crippen LogP contribution in [0.2, 0.25) is 0 Å². The van der Waals surface area contributed by atoms with Gasteiger partial charge in [-0.25, -0.2) is 0 Å². The van der Waals surface area contributed by atoms with Crippen LogP contribution in [-0.2, 0) is 0 Å². The molecule has 0 radical (unpaired) electrons. The van der Waals surface area contributed by atoms with E-state index < -0.39 is 0 Å². The summed E-state index contributed by atoms with van der Waals surface area (Å²) in [4.78, 5) is 13.2. The van der Waals surface area contributed by atoms with Gasteiger partial charge in [0.2, 0.25) is 5.75 Å². The van der Waals surface area contributed by atoms with Crippen molar-refractivity contribution in [2.24, 2.45) is 16.7 Å². The van der Waals surface area contributed by atoms with Crippen LogP contribution in [0.5, 0.6) is 17.2 Å². The summed E-state index contributed by atoms with van der Waals surface area (Å²) < 4.78 is 16.8. The van der Waals surface area contributed by atoms with Crippen LogP contribution in [-0.4, -0.2) is 33.3 Å². The molecule has 2 aliphatic carbocycles. The number of amides is 1. The van der Waals surface area contributed by atoms with Crippen molar-refractivity contribution in [2.75, 3.05) is 21.3 Å². The maximum absolute atomic E-state index is 13.2. The van der Waals surface area contributed by atoms with Crippen molar-refractivity contribution in [1.82, 2.24) is 5.32 Å². The van der Waals surface area contributed by atoms with Gasteiger partial charge in [-0.1, -0.05) is 20.8 Å². The zero-order valence-electron chi connectivity index (χ0n) is 16.4. The van der Waals surface area contributed by atoms with Crippen LogP contribution in [0.3, 0.4) is 0 Å². The zero-order chi connectivity index (χ0) is 19.3. The molecule has 0 aromatic heterocycles. The van der Waals surface area contributed by atoms with E-state index in [1.165, 1.54) is 19.3 Å². The van der Waals surface area contributed by atoms with E-state index in [0.29, 0.717) is 33.2 Å². The minimum atomic E-state index is -0.122. The summed E-state index contributed by atoms with van der Waals surface area (Å²) in [6.45, 7) is 6.85. The lowest BCUT2D eigenvalue weighted by atomic mass is 9.68. The molecule has 0 aliphatic heterocycles. The van der Waals surface area contributed by atoms with E-state index in [9.17, 15) is 4.79 Å². The van der Waals surface area contributed by atoms with Crippen molar-refractivity contribution in [3.8, 4) is 17.2 Å². The van der Waals surface area contributed by atoms with E-state index in [4.69, 9.17) is 14.2 Å². The Morgan fingerprint density at radius 2 is 1.81 bits per heavy atom. The fraction of sp³-hybridized carbons (Fsp3) is 0.650. The van der Waals surface area contributed by atoms with Crippen molar-refractivity contribution < 1.29 is 19.0 Å². The lowest BCUT2D eigenvalue weighted by Crippen LogP contribution is -2.52. The highest BCUT2D eigenvalue weighted by Gasteiger charge is 2.59. The van der Waals surface area contributed by atoms with Crippen LogP contribution in [0.25, 0.3) is 0 Å². The van der Waals surface area contributed by atoms with Crippen LogP contribution >= 0.6 is 15.9 Å². The molecular weight excluding hydrogens is 398 g/mol. The Morgan fingerprint density at radius 3 is 2.31 bits per heavy atom. The van der Waals surface area contributed by atoms with Crippen LogP contribution in [0, 0.1) is 16.7 Å². The van der Waals surface area contributed by atoms with Gasteiger partial charge in [-0.3, -0.25) is 4.79 Å². The topological polar surface area (TPSA) is 56.8 Å². The lowest BCUT2D eigenvalue weighted by Gasteiger charge is -2.43. The third kappa shape index (κ3) is 2.77. The quantitative estimate of drug-likeness (QED) is 0.758. The molecule has 1 aromatic carbocycles. The van der Waals surface area contributed by atoms with Crippen molar-refractivity contribution >= 4 is 21.8 Å². The minimum Gasteiger partial charge on any atom is -0.493 e. The van der Waals surface area contributed by atoms with Crippen molar-refractivity contribution in [3.05, 3.63) is 16.1 Å². The number of hydrogen-bond donors (Lipinski definition) is 1. The molecule has 6 heteroatoms. The van der Waals surface area contributed by atoms with Crippen LogP contribution in [0.1, 0.15) is 50.4 Å². The molecule has 3 atom stereocenters. The number of fused-ring (bicyclic) bond motifs is 2. The van der Waals surface area contributed by atoms with Gasteiger partial charge in [-0.15, -0.1) is 0 Å². The molecule has 0 unspecified atom stereocenters. The third-order valence-electron chi connectivity index (χ3n) is 6.56. The first-order valence-electron chi connectivity index (χ1n) is 8.99. The molecule has 0 spiro atoms. The van der Waals surface area contributed by atoms with Gasteiger partial charge in [-0.05, 0) is 58.0 Å². The number of benzene rings is 1. The summed E-state index contributed by atoms with van der Waals surface area (Å²) in [7, 11) is 4.64. The Kier molecular flexibility index (Phi) is 4.93. The number of hydrogen-bond acceptors (Lipinski definition) is 4. The zero-order valence-corrected chi connectivity index (χ0v) is 18.0. The van der Waals surface area contributed by atoms with Gasteiger partial charge in [0, 0.05) is 6.04 Å². The van der Waals surface area contributed by atoms with Gasteiger partial charge < -0.3 is 19.5 Å². The molecule has 0 saturated heterocycles. The van der Waals surface area contributed by atoms with Gasteiger partial charge in [0.1, 0.15) is 0 Å². The number of rotatable bonds is 5. The van der Waals surface area contributed by atoms with E-state index in [1.807, 2.05) is 0 Å². The summed E-state index contributed by atoms with van der Waals surface area (Å²) in [6, 6.07) is 1.84. The Balaban J connectivity index is 1.96. The molecular formula is C20H28BrNO4. The van der Waals surface area contributed by atoms with E-state index in [1.54, 1.807) is 27.4 Å². The molecule has 1 N–H and O–H groups in total. The van der Waals surface area contributed by atoms with Crippen LogP contribution < -0.4 is 19.5 Å². The fourth-order valence-electron chi connectivity index (χ4n) is 5.16. The first-order chi connectivity index (χ1) is 12.2. The smallest absolute Gasteiger partial charge is 0.252 e. The molecule has 2 saturated carbocycles. The molecule has 2 bridgehead atoms. The molecule has 26 heavy (non-hydrogen) atoms. The monoisotopic (exact) mass is 425 g/mol. The second kappa shape index (κ2) is 6.63. The summed E-state index contributed by atoms with van der Waals surface area (Å²) in [5, 5.41) is 3.32. The first-order valence-corrected chi connectivity index (χ1v) is 9.78. The highest BCUT2D eigenvalue weighted by atomic mass is 79.9. The molecule has 2 fully saturated rings. The van der Waals surface area contributed by atoms with Gasteiger partial charge in [-0.2, -0.15) is 0 Å². The van der Waals surface area contributed by atoms with E-state index in [2.05, 4.69) is 42.0 Å². The minimum absolute atomic E-state index is 0.0930. The molecule has 144 valence electrons. The van der Waals surface area contributed by atoms with Gasteiger partial charge in [0.15, 0.2) is 11.5 Å². The number of carbonyl (C=O) groups is 1. The predicted molar refractivity (Wildman–Crippen MR) is 104 cm³/mol. The molecule has 1 aromatic rings. The largest absolute Gasteiger partial charge is 0.493 e. The number of ether oxygens (including phenoxy) is 3. The number of carbonyl (C=O) groups excluding carboxylic acids is 1. The van der Waals surface area contributed by atoms with Crippen molar-refractivity contribution in [3.63, 3.8) is 0 Å². The number of halogens is 1. The lowest BCUT2D eigenvalue weighted by molar-refractivity contribution is 0.0736. The van der Waals surface area contributed by atoms with Crippen LogP contribution in [0.4, 0.5) is 0 Å². The summed E-state index contributed by atoms with van der Waals surface area (Å²) in [5.41, 5.74) is 0.744.